The molecule has 5 nitrogen and oxygen atoms in total. The SMILES string of the molecule is C#CCOC(=O)c1cc(OC(=O)N2CCCC2)c(Cl)cc1Cl. The molecule has 2 rings (SSSR count). The molecule has 1 aromatic rings. The maximum atomic E-state index is 12.0. The first-order valence-electron chi connectivity index (χ1n) is 6.59. The van der Waals surface area contributed by atoms with Crippen LogP contribution in [0, 0.1) is 12.3 Å². The van der Waals surface area contributed by atoms with Crippen molar-refractivity contribution in [1.82, 2.24) is 4.90 Å². The van der Waals surface area contributed by atoms with Gasteiger partial charge in [0.1, 0.15) is 0 Å². The van der Waals surface area contributed by atoms with E-state index in [2.05, 4.69) is 5.92 Å². The lowest BCUT2D eigenvalue weighted by Gasteiger charge is -2.16. The standard InChI is InChI=1S/C15H13Cl2NO4/c1-2-7-21-14(19)10-8-13(12(17)9-11(10)16)22-15(20)18-5-3-4-6-18/h1,8-9H,3-7H2. The summed E-state index contributed by atoms with van der Waals surface area (Å²) in [5.41, 5.74) is 0.0329. The Balaban J connectivity index is 2.18. The maximum Gasteiger partial charge on any atom is 0.415 e. The minimum absolute atomic E-state index is 0.0329. The van der Waals surface area contributed by atoms with E-state index in [0.29, 0.717) is 13.1 Å². The normalized spacial score (nSPS) is 13.6. The maximum absolute atomic E-state index is 12.0. The second-order valence-corrected chi connectivity index (χ2v) is 5.42. The summed E-state index contributed by atoms with van der Waals surface area (Å²) in [6, 6.07) is 2.60. The zero-order valence-electron chi connectivity index (χ0n) is 11.6. The van der Waals surface area contributed by atoms with Gasteiger partial charge in [0.15, 0.2) is 12.4 Å². The average molecular weight is 342 g/mol. The minimum atomic E-state index is -0.710. The number of carbonyl (C=O) groups excluding carboxylic acids is 2. The molecule has 1 aliphatic heterocycles. The number of carbonyl (C=O) groups is 2. The molecule has 1 saturated heterocycles. The van der Waals surface area contributed by atoms with Crippen LogP contribution in [0.1, 0.15) is 23.2 Å². The van der Waals surface area contributed by atoms with Gasteiger partial charge in [0.05, 0.1) is 15.6 Å². The Kier molecular flexibility index (Phi) is 5.53. The van der Waals surface area contributed by atoms with Crippen molar-refractivity contribution < 1.29 is 19.1 Å². The number of likely N-dealkylation sites (tertiary alicyclic amines) is 1. The van der Waals surface area contributed by atoms with Crippen molar-refractivity contribution in [1.29, 1.82) is 0 Å². The zero-order chi connectivity index (χ0) is 16.1. The molecule has 0 saturated carbocycles. The third kappa shape index (κ3) is 3.85. The van der Waals surface area contributed by atoms with Crippen molar-refractivity contribution in [3.05, 3.63) is 27.7 Å². The van der Waals surface area contributed by atoms with Crippen molar-refractivity contribution in [2.24, 2.45) is 0 Å². The first-order chi connectivity index (χ1) is 10.5. The summed E-state index contributed by atoms with van der Waals surface area (Å²) in [7, 11) is 0. The highest BCUT2D eigenvalue weighted by Crippen LogP contribution is 2.32. The Morgan fingerprint density at radius 1 is 1.23 bits per heavy atom. The van der Waals surface area contributed by atoms with Crippen LogP contribution >= 0.6 is 23.2 Å². The van der Waals surface area contributed by atoms with Gasteiger partial charge in [0.2, 0.25) is 0 Å². The molecule has 1 heterocycles. The zero-order valence-corrected chi connectivity index (χ0v) is 13.1. The van der Waals surface area contributed by atoms with Crippen LogP contribution in [0.15, 0.2) is 12.1 Å². The predicted molar refractivity (Wildman–Crippen MR) is 82.4 cm³/mol. The number of ether oxygens (including phenoxy) is 2. The number of amides is 1. The second-order valence-electron chi connectivity index (χ2n) is 4.60. The smallest absolute Gasteiger partial charge is 0.415 e. The molecule has 0 N–H and O–H groups in total. The number of benzene rings is 1. The summed E-state index contributed by atoms with van der Waals surface area (Å²) in [5.74, 6) is 1.52. The molecule has 7 heteroatoms. The van der Waals surface area contributed by atoms with Crippen molar-refractivity contribution in [2.75, 3.05) is 19.7 Å². The van der Waals surface area contributed by atoms with Crippen molar-refractivity contribution in [3.8, 4) is 18.1 Å². The number of hydrogen-bond acceptors (Lipinski definition) is 4. The van der Waals surface area contributed by atoms with E-state index >= 15 is 0 Å². The Morgan fingerprint density at radius 3 is 2.55 bits per heavy atom. The van der Waals surface area contributed by atoms with E-state index < -0.39 is 12.1 Å². The lowest BCUT2D eigenvalue weighted by atomic mass is 10.2. The summed E-state index contributed by atoms with van der Waals surface area (Å²) >= 11 is 11.9. The van der Waals surface area contributed by atoms with Crippen LogP contribution in [-0.4, -0.2) is 36.7 Å². The molecule has 1 amide bonds. The van der Waals surface area contributed by atoms with Crippen LogP contribution in [0.25, 0.3) is 0 Å². The topological polar surface area (TPSA) is 55.8 Å². The highest BCUT2D eigenvalue weighted by atomic mass is 35.5. The molecular weight excluding hydrogens is 329 g/mol. The van der Waals surface area contributed by atoms with Crippen LogP contribution < -0.4 is 4.74 Å². The van der Waals surface area contributed by atoms with Crippen molar-refractivity contribution in [3.63, 3.8) is 0 Å². The molecule has 0 aliphatic carbocycles. The quantitative estimate of drug-likeness (QED) is 0.624. The molecule has 1 fully saturated rings. The van der Waals surface area contributed by atoms with Crippen LogP contribution in [0.4, 0.5) is 4.79 Å². The largest absolute Gasteiger partial charge is 0.449 e. The third-order valence-corrected chi connectivity index (χ3v) is 3.70. The van der Waals surface area contributed by atoms with Gasteiger partial charge in [-0.3, -0.25) is 0 Å². The molecular formula is C15H13Cl2NO4. The van der Waals surface area contributed by atoms with Gasteiger partial charge < -0.3 is 14.4 Å². The molecule has 22 heavy (non-hydrogen) atoms. The van der Waals surface area contributed by atoms with Gasteiger partial charge in [-0.05, 0) is 25.0 Å². The van der Waals surface area contributed by atoms with Crippen molar-refractivity contribution >= 4 is 35.3 Å². The fourth-order valence-electron chi connectivity index (χ4n) is 2.01. The number of hydrogen-bond donors (Lipinski definition) is 0. The molecule has 0 bridgehead atoms. The van der Waals surface area contributed by atoms with Gasteiger partial charge in [-0.15, -0.1) is 6.42 Å². The van der Waals surface area contributed by atoms with Gasteiger partial charge in [-0.1, -0.05) is 29.1 Å². The van der Waals surface area contributed by atoms with Crippen LogP contribution in [0.5, 0.6) is 5.75 Å². The Morgan fingerprint density at radius 2 is 1.91 bits per heavy atom. The second kappa shape index (κ2) is 7.39. The molecule has 0 atom stereocenters. The number of halogens is 2. The molecule has 0 radical (unpaired) electrons. The highest BCUT2D eigenvalue weighted by molar-refractivity contribution is 6.37. The minimum Gasteiger partial charge on any atom is -0.449 e. The molecule has 0 spiro atoms. The molecule has 0 aromatic heterocycles. The predicted octanol–water partition coefficient (Wildman–Crippen LogP) is 3.38. The van der Waals surface area contributed by atoms with E-state index in [1.165, 1.54) is 12.1 Å². The van der Waals surface area contributed by atoms with Crippen LogP contribution in [0.3, 0.4) is 0 Å². The number of rotatable bonds is 3. The van der Waals surface area contributed by atoms with E-state index in [9.17, 15) is 9.59 Å². The van der Waals surface area contributed by atoms with E-state index in [1.54, 1.807) is 4.90 Å². The monoisotopic (exact) mass is 341 g/mol. The van der Waals surface area contributed by atoms with Crippen LogP contribution in [-0.2, 0) is 4.74 Å². The average Bonchev–Trinajstić information content (AvgIpc) is 3.01. The van der Waals surface area contributed by atoms with Crippen molar-refractivity contribution in [2.45, 2.75) is 12.8 Å². The number of esters is 1. The lowest BCUT2D eigenvalue weighted by Crippen LogP contribution is -2.30. The fourth-order valence-corrected chi connectivity index (χ4v) is 2.51. The fraction of sp³-hybridized carbons (Fsp3) is 0.333. The van der Waals surface area contributed by atoms with E-state index in [0.717, 1.165) is 12.8 Å². The first kappa shape index (κ1) is 16.5. The first-order valence-corrected chi connectivity index (χ1v) is 7.35. The summed E-state index contributed by atoms with van der Waals surface area (Å²) in [5, 5.41) is 0.221. The van der Waals surface area contributed by atoms with Gasteiger partial charge in [-0.25, -0.2) is 9.59 Å². The van der Waals surface area contributed by atoms with Gasteiger partial charge >= 0.3 is 12.1 Å². The summed E-state index contributed by atoms with van der Waals surface area (Å²) in [6.07, 6.45) is 6.39. The highest BCUT2D eigenvalue weighted by Gasteiger charge is 2.22. The Hall–Kier alpha value is -1.90. The summed E-state index contributed by atoms with van der Waals surface area (Å²) in [4.78, 5) is 25.4. The number of terminal acetylenes is 1. The number of nitrogens with zero attached hydrogens (tertiary/aromatic N) is 1. The Bertz CT molecular complexity index is 633. The lowest BCUT2D eigenvalue weighted by molar-refractivity contribution is 0.0556. The molecule has 1 aliphatic rings. The van der Waals surface area contributed by atoms with Gasteiger partial charge in [0.25, 0.3) is 0 Å². The van der Waals surface area contributed by atoms with E-state index in [1.807, 2.05) is 0 Å². The van der Waals surface area contributed by atoms with Crippen LogP contribution in [0.2, 0.25) is 10.0 Å². The summed E-state index contributed by atoms with van der Waals surface area (Å²) in [6.45, 7) is 1.10. The Labute approximate surface area is 138 Å². The van der Waals surface area contributed by atoms with E-state index in [-0.39, 0.29) is 28.0 Å². The summed E-state index contributed by atoms with van der Waals surface area (Å²) < 4.78 is 10.0. The molecule has 0 unspecified atom stereocenters. The van der Waals surface area contributed by atoms with Gasteiger partial charge in [0, 0.05) is 13.1 Å². The molecule has 116 valence electrons. The van der Waals surface area contributed by atoms with E-state index in [4.69, 9.17) is 39.1 Å². The third-order valence-electron chi connectivity index (χ3n) is 3.09. The van der Waals surface area contributed by atoms with Gasteiger partial charge in [-0.2, -0.15) is 0 Å². The molecule has 1 aromatic carbocycles.